The number of nitrogens with zero attached hydrogens (tertiary/aromatic N) is 1. The quantitative estimate of drug-likeness (QED) is 0.819. The van der Waals surface area contributed by atoms with Crippen molar-refractivity contribution in [1.82, 2.24) is 10.3 Å². The number of carbonyl (C=O) groups is 1. The molecule has 0 fully saturated rings. The second-order valence-corrected chi connectivity index (χ2v) is 7.25. The first-order valence-corrected chi connectivity index (χ1v) is 8.29. The molecule has 24 heavy (non-hydrogen) atoms. The summed E-state index contributed by atoms with van der Waals surface area (Å²) in [6, 6.07) is 8.77. The molecule has 2 rings (SSSR count). The summed E-state index contributed by atoms with van der Waals surface area (Å²) in [4.78, 5) is 16.7. The molecule has 1 atom stereocenters. The predicted molar refractivity (Wildman–Crippen MR) is 105 cm³/mol. The minimum atomic E-state index is -0.623. The highest BCUT2D eigenvalue weighted by molar-refractivity contribution is 7.09. The fourth-order valence-corrected chi connectivity index (χ4v) is 3.01. The first-order chi connectivity index (χ1) is 10.4. The van der Waals surface area contributed by atoms with Crippen LogP contribution in [0, 0.1) is 0 Å². The first kappa shape index (κ1) is 22.9. The van der Waals surface area contributed by atoms with Gasteiger partial charge in [-0.3, -0.25) is 4.79 Å². The standard InChI is InChI=1S/C17H23N3OS.2ClH/c1-17(2,3)13-11-22-14(20-13)9-10-19-16(21)15(18)12-7-5-4-6-8-12;;/h4-8,11,15H,9-10,18H2,1-3H3,(H,19,21);2*1H. The van der Waals surface area contributed by atoms with Crippen LogP contribution in [-0.4, -0.2) is 17.4 Å². The summed E-state index contributed by atoms with van der Waals surface area (Å²) in [5, 5.41) is 6.01. The lowest BCUT2D eigenvalue weighted by molar-refractivity contribution is -0.122. The van der Waals surface area contributed by atoms with E-state index in [9.17, 15) is 4.79 Å². The van der Waals surface area contributed by atoms with Crippen molar-refractivity contribution in [3.05, 3.63) is 52.0 Å². The van der Waals surface area contributed by atoms with Crippen molar-refractivity contribution in [3.8, 4) is 0 Å². The summed E-state index contributed by atoms with van der Waals surface area (Å²) in [5.41, 5.74) is 7.94. The van der Waals surface area contributed by atoms with Crippen molar-refractivity contribution in [2.75, 3.05) is 6.54 Å². The van der Waals surface area contributed by atoms with Gasteiger partial charge in [0.15, 0.2) is 0 Å². The second kappa shape index (κ2) is 9.99. The Morgan fingerprint density at radius 2 is 1.88 bits per heavy atom. The maximum Gasteiger partial charge on any atom is 0.241 e. The van der Waals surface area contributed by atoms with Crippen molar-refractivity contribution in [3.63, 3.8) is 0 Å². The van der Waals surface area contributed by atoms with E-state index in [-0.39, 0.29) is 36.1 Å². The lowest BCUT2D eigenvalue weighted by Gasteiger charge is -2.14. The van der Waals surface area contributed by atoms with Gasteiger partial charge in [0.2, 0.25) is 5.91 Å². The molecule has 134 valence electrons. The maximum absolute atomic E-state index is 12.0. The van der Waals surface area contributed by atoms with Gasteiger partial charge in [-0.2, -0.15) is 0 Å². The summed E-state index contributed by atoms with van der Waals surface area (Å²) in [6.07, 6.45) is 0.730. The fraction of sp³-hybridized carbons (Fsp3) is 0.412. The number of amides is 1. The van der Waals surface area contributed by atoms with Crippen LogP contribution in [0.3, 0.4) is 0 Å². The largest absolute Gasteiger partial charge is 0.354 e. The van der Waals surface area contributed by atoms with Crippen molar-refractivity contribution in [1.29, 1.82) is 0 Å². The van der Waals surface area contributed by atoms with Crippen LogP contribution in [0.1, 0.15) is 43.1 Å². The van der Waals surface area contributed by atoms with Gasteiger partial charge in [-0.15, -0.1) is 36.2 Å². The number of nitrogens with two attached hydrogens (primary N) is 1. The van der Waals surface area contributed by atoms with E-state index in [1.165, 1.54) is 0 Å². The van der Waals surface area contributed by atoms with Gasteiger partial charge in [0.1, 0.15) is 6.04 Å². The van der Waals surface area contributed by atoms with E-state index >= 15 is 0 Å². The highest BCUT2D eigenvalue weighted by Crippen LogP contribution is 2.23. The topological polar surface area (TPSA) is 68.0 Å². The second-order valence-electron chi connectivity index (χ2n) is 6.31. The van der Waals surface area contributed by atoms with E-state index in [1.807, 2.05) is 30.3 Å². The third kappa shape index (κ3) is 6.40. The maximum atomic E-state index is 12.0. The molecule has 0 bridgehead atoms. The Morgan fingerprint density at radius 1 is 1.25 bits per heavy atom. The molecule has 1 aromatic heterocycles. The number of nitrogens with one attached hydrogen (secondary N) is 1. The number of rotatable bonds is 5. The van der Waals surface area contributed by atoms with E-state index in [1.54, 1.807) is 11.3 Å². The summed E-state index contributed by atoms with van der Waals surface area (Å²) in [7, 11) is 0. The van der Waals surface area contributed by atoms with Gasteiger partial charge in [-0.25, -0.2) is 4.98 Å². The Morgan fingerprint density at radius 3 is 2.42 bits per heavy atom. The van der Waals surface area contributed by atoms with E-state index in [0.717, 1.165) is 22.7 Å². The van der Waals surface area contributed by atoms with Crippen molar-refractivity contribution in [2.24, 2.45) is 5.73 Å². The molecule has 0 spiro atoms. The zero-order valence-electron chi connectivity index (χ0n) is 14.1. The number of hydrogen-bond donors (Lipinski definition) is 2. The molecule has 0 saturated carbocycles. The molecule has 2 aromatic rings. The number of hydrogen-bond acceptors (Lipinski definition) is 4. The molecule has 0 saturated heterocycles. The number of aromatic nitrogens is 1. The molecular weight excluding hydrogens is 365 g/mol. The molecule has 1 heterocycles. The van der Waals surface area contributed by atoms with Gasteiger partial charge in [0, 0.05) is 23.8 Å². The molecular formula is C17H25Cl2N3OS. The monoisotopic (exact) mass is 389 g/mol. The van der Waals surface area contributed by atoms with Gasteiger partial charge in [-0.05, 0) is 5.56 Å². The van der Waals surface area contributed by atoms with E-state index in [4.69, 9.17) is 5.73 Å². The van der Waals surface area contributed by atoms with E-state index in [2.05, 4.69) is 36.5 Å². The molecule has 0 radical (unpaired) electrons. The van der Waals surface area contributed by atoms with Crippen LogP contribution >= 0.6 is 36.2 Å². The molecule has 1 amide bonds. The third-order valence-electron chi connectivity index (χ3n) is 3.40. The van der Waals surface area contributed by atoms with E-state index in [0.29, 0.717) is 6.54 Å². The van der Waals surface area contributed by atoms with E-state index < -0.39 is 6.04 Å². The Kier molecular flexibility index (Phi) is 9.51. The number of benzene rings is 1. The lowest BCUT2D eigenvalue weighted by Crippen LogP contribution is -2.35. The fourth-order valence-electron chi connectivity index (χ4n) is 1.98. The highest BCUT2D eigenvalue weighted by atomic mass is 35.5. The Bertz CT molecular complexity index is 626. The van der Waals surface area contributed by atoms with Crippen LogP contribution in [0.15, 0.2) is 35.7 Å². The molecule has 1 unspecified atom stereocenters. The van der Waals surface area contributed by atoms with Gasteiger partial charge in [0.05, 0.1) is 10.7 Å². The molecule has 0 aliphatic heterocycles. The third-order valence-corrected chi connectivity index (χ3v) is 4.31. The first-order valence-electron chi connectivity index (χ1n) is 7.41. The Balaban J connectivity index is 0.00000264. The van der Waals surface area contributed by atoms with Crippen LogP contribution in [0.2, 0.25) is 0 Å². The van der Waals surface area contributed by atoms with Crippen LogP contribution in [0.25, 0.3) is 0 Å². The van der Waals surface area contributed by atoms with Crippen LogP contribution < -0.4 is 11.1 Å². The van der Waals surface area contributed by atoms with Crippen molar-refractivity contribution < 1.29 is 4.79 Å². The number of thiazole rings is 1. The van der Waals surface area contributed by atoms with Crippen molar-refractivity contribution in [2.45, 2.75) is 38.6 Å². The summed E-state index contributed by atoms with van der Waals surface area (Å²) in [6.45, 7) is 6.99. The Labute approximate surface area is 160 Å². The minimum absolute atomic E-state index is 0. The van der Waals surface area contributed by atoms with Gasteiger partial charge < -0.3 is 11.1 Å². The minimum Gasteiger partial charge on any atom is -0.354 e. The molecule has 3 N–H and O–H groups in total. The zero-order valence-corrected chi connectivity index (χ0v) is 16.6. The van der Waals surface area contributed by atoms with Gasteiger partial charge in [-0.1, -0.05) is 51.1 Å². The van der Waals surface area contributed by atoms with Crippen LogP contribution in [0.5, 0.6) is 0 Å². The Hall–Kier alpha value is -1.14. The molecule has 1 aromatic carbocycles. The smallest absolute Gasteiger partial charge is 0.241 e. The normalized spacial score (nSPS) is 11.8. The molecule has 0 aliphatic carbocycles. The average Bonchev–Trinajstić information content (AvgIpc) is 2.96. The lowest BCUT2D eigenvalue weighted by atomic mass is 9.93. The zero-order chi connectivity index (χ0) is 16.2. The number of carbonyl (C=O) groups excluding carboxylic acids is 1. The van der Waals surface area contributed by atoms with Crippen LogP contribution in [0.4, 0.5) is 0 Å². The predicted octanol–water partition coefficient (Wildman–Crippen LogP) is 3.64. The van der Waals surface area contributed by atoms with Gasteiger partial charge in [0.25, 0.3) is 0 Å². The molecule has 4 nitrogen and oxygen atoms in total. The average molecular weight is 390 g/mol. The molecule has 0 aliphatic rings. The highest BCUT2D eigenvalue weighted by Gasteiger charge is 2.18. The molecule has 7 heteroatoms. The van der Waals surface area contributed by atoms with Crippen molar-refractivity contribution >= 4 is 42.1 Å². The summed E-state index contributed by atoms with van der Waals surface area (Å²) >= 11 is 1.64. The SMILES string of the molecule is CC(C)(C)c1csc(CCNC(=O)C(N)c2ccccc2)n1.Cl.Cl. The number of halogens is 2. The van der Waals surface area contributed by atoms with Crippen LogP contribution in [-0.2, 0) is 16.6 Å². The summed E-state index contributed by atoms with van der Waals surface area (Å²) in [5.74, 6) is -0.154. The van der Waals surface area contributed by atoms with Gasteiger partial charge >= 0.3 is 0 Å². The summed E-state index contributed by atoms with van der Waals surface area (Å²) < 4.78 is 0.